The Morgan fingerprint density at radius 3 is 2.80 bits per heavy atom. The molecule has 0 atom stereocenters. The molecule has 5 nitrogen and oxygen atoms in total. The first-order valence-corrected chi connectivity index (χ1v) is 4.98. The van der Waals surface area contributed by atoms with Crippen LogP contribution in [0.4, 0.5) is 5.95 Å². The predicted octanol–water partition coefficient (Wildman–Crippen LogP) is 1.69. The minimum absolute atomic E-state index is 0.375. The van der Waals surface area contributed by atoms with Crippen molar-refractivity contribution in [1.29, 1.82) is 0 Å². The molecule has 2 heterocycles. The molecule has 15 heavy (non-hydrogen) atoms. The van der Waals surface area contributed by atoms with Gasteiger partial charge in [0.25, 0.3) is 0 Å². The molecule has 0 saturated heterocycles. The molecule has 1 N–H and O–H groups in total. The fourth-order valence-electron chi connectivity index (χ4n) is 1.43. The molecule has 0 aliphatic rings. The number of imidazole rings is 1. The van der Waals surface area contributed by atoms with E-state index in [4.69, 9.17) is 0 Å². The third-order valence-corrected chi connectivity index (χ3v) is 2.26. The fraction of sp³-hybridized carbons (Fsp3) is 0.400. The van der Waals surface area contributed by atoms with E-state index < -0.39 is 0 Å². The van der Waals surface area contributed by atoms with Crippen molar-refractivity contribution in [1.82, 2.24) is 19.3 Å². The summed E-state index contributed by atoms with van der Waals surface area (Å²) in [6.07, 6.45) is 7.52. The van der Waals surface area contributed by atoms with Crippen LogP contribution in [-0.4, -0.2) is 26.4 Å². The van der Waals surface area contributed by atoms with E-state index >= 15 is 0 Å². The maximum atomic E-state index is 4.29. The average molecular weight is 205 g/mol. The van der Waals surface area contributed by atoms with Gasteiger partial charge in [0.1, 0.15) is 0 Å². The van der Waals surface area contributed by atoms with Crippen LogP contribution in [0.25, 0.3) is 5.69 Å². The van der Waals surface area contributed by atoms with Crippen molar-refractivity contribution in [2.75, 3.05) is 12.4 Å². The number of hydrogen-bond acceptors (Lipinski definition) is 3. The third-order valence-electron chi connectivity index (χ3n) is 2.26. The zero-order valence-corrected chi connectivity index (χ0v) is 9.18. The summed E-state index contributed by atoms with van der Waals surface area (Å²) in [6, 6.07) is 0.375. The van der Waals surface area contributed by atoms with E-state index in [1.165, 1.54) is 0 Å². The molecule has 0 aliphatic carbocycles. The van der Waals surface area contributed by atoms with Crippen molar-refractivity contribution in [3.8, 4) is 5.69 Å². The van der Waals surface area contributed by atoms with Gasteiger partial charge < -0.3 is 5.32 Å². The van der Waals surface area contributed by atoms with Crippen molar-refractivity contribution in [3.63, 3.8) is 0 Å². The van der Waals surface area contributed by atoms with E-state index in [1.807, 2.05) is 34.9 Å². The van der Waals surface area contributed by atoms with Crippen LogP contribution in [0, 0.1) is 0 Å². The van der Waals surface area contributed by atoms with Crippen LogP contribution in [0.5, 0.6) is 0 Å². The average Bonchev–Trinajstić information content (AvgIpc) is 2.85. The Labute approximate surface area is 88.7 Å². The molecular weight excluding hydrogens is 190 g/mol. The molecule has 0 spiro atoms. The second-order valence-electron chi connectivity index (χ2n) is 3.64. The van der Waals surface area contributed by atoms with E-state index in [0.717, 1.165) is 11.6 Å². The summed E-state index contributed by atoms with van der Waals surface area (Å²) >= 11 is 0. The standard InChI is InChI=1S/C10H15N5/c1-8(2)15-7-9(6-13-15)14-5-4-12-10(14)11-3/h4-8H,1-3H3,(H,11,12). The van der Waals surface area contributed by atoms with Gasteiger partial charge in [-0.3, -0.25) is 9.25 Å². The van der Waals surface area contributed by atoms with Crippen LogP contribution in [-0.2, 0) is 0 Å². The number of anilines is 1. The van der Waals surface area contributed by atoms with Crippen LogP contribution in [0.15, 0.2) is 24.8 Å². The molecule has 0 aromatic carbocycles. The SMILES string of the molecule is CNc1nccn1-c1cnn(C(C)C)c1. The van der Waals surface area contributed by atoms with Crippen molar-refractivity contribution in [2.24, 2.45) is 0 Å². The highest BCUT2D eigenvalue weighted by atomic mass is 15.3. The van der Waals surface area contributed by atoms with Gasteiger partial charge in [-0.05, 0) is 13.8 Å². The molecule has 80 valence electrons. The second kappa shape index (κ2) is 3.76. The number of nitrogens with one attached hydrogen (secondary N) is 1. The first kappa shape index (κ1) is 9.76. The summed E-state index contributed by atoms with van der Waals surface area (Å²) < 4.78 is 3.89. The number of hydrogen-bond donors (Lipinski definition) is 1. The summed E-state index contributed by atoms with van der Waals surface area (Å²) in [4.78, 5) is 4.18. The minimum Gasteiger partial charge on any atom is -0.358 e. The van der Waals surface area contributed by atoms with E-state index in [0.29, 0.717) is 6.04 Å². The van der Waals surface area contributed by atoms with E-state index in [-0.39, 0.29) is 0 Å². The monoisotopic (exact) mass is 205 g/mol. The second-order valence-corrected chi connectivity index (χ2v) is 3.64. The minimum atomic E-state index is 0.375. The maximum absolute atomic E-state index is 4.29. The van der Waals surface area contributed by atoms with Gasteiger partial charge in [-0.25, -0.2) is 4.98 Å². The van der Waals surface area contributed by atoms with Gasteiger partial charge in [-0.2, -0.15) is 5.10 Å². The molecule has 0 fully saturated rings. The maximum Gasteiger partial charge on any atom is 0.207 e. The topological polar surface area (TPSA) is 47.7 Å². The van der Waals surface area contributed by atoms with Crippen LogP contribution in [0.1, 0.15) is 19.9 Å². The molecule has 0 amide bonds. The van der Waals surface area contributed by atoms with Crippen LogP contribution >= 0.6 is 0 Å². The summed E-state index contributed by atoms with van der Waals surface area (Å²) in [5.74, 6) is 0.818. The Hall–Kier alpha value is -1.78. The highest BCUT2D eigenvalue weighted by Crippen LogP contribution is 2.14. The molecule has 2 rings (SSSR count). The molecule has 2 aromatic heterocycles. The Bertz CT molecular complexity index is 440. The molecule has 0 aliphatic heterocycles. The van der Waals surface area contributed by atoms with Crippen LogP contribution in [0.2, 0.25) is 0 Å². The Balaban J connectivity index is 2.37. The molecule has 5 heteroatoms. The predicted molar refractivity (Wildman–Crippen MR) is 59.3 cm³/mol. The molecule has 0 bridgehead atoms. The zero-order chi connectivity index (χ0) is 10.8. The lowest BCUT2D eigenvalue weighted by molar-refractivity contribution is 0.532. The fourth-order valence-corrected chi connectivity index (χ4v) is 1.43. The largest absolute Gasteiger partial charge is 0.358 e. The Morgan fingerprint density at radius 2 is 2.20 bits per heavy atom. The lowest BCUT2D eigenvalue weighted by Gasteiger charge is -2.05. The van der Waals surface area contributed by atoms with Gasteiger partial charge in [0.15, 0.2) is 0 Å². The van der Waals surface area contributed by atoms with Crippen LogP contribution < -0.4 is 5.32 Å². The highest BCUT2D eigenvalue weighted by molar-refractivity contribution is 5.38. The molecule has 0 radical (unpaired) electrons. The lowest BCUT2D eigenvalue weighted by Crippen LogP contribution is -2.01. The highest BCUT2D eigenvalue weighted by Gasteiger charge is 2.06. The van der Waals surface area contributed by atoms with Crippen molar-refractivity contribution >= 4 is 5.95 Å². The van der Waals surface area contributed by atoms with Gasteiger partial charge in [0.2, 0.25) is 5.95 Å². The molecular formula is C10H15N5. The van der Waals surface area contributed by atoms with Crippen LogP contribution in [0.3, 0.4) is 0 Å². The van der Waals surface area contributed by atoms with Crippen molar-refractivity contribution in [3.05, 3.63) is 24.8 Å². The number of aromatic nitrogens is 4. The quantitative estimate of drug-likeness (QED) is 0.829. The molecule has 0 unspecified atom stereocenters. The summed E-state index contributed by atoms with van der Waals surface area (Å²) in [6.45, 7) is 4.20. The Kier molecular flexibility index (Phi) is 2.45. The van der Waals surface area contributed by atoms with Gasteiger partial charge >= 0.3 is 0 Å². The van der Waals surface area contributed by atoms with Gasteiger partial charge in [-0.1, -0.05) is 0 Å². The molecule has 2 aromatic rings. The normalized spacial score (nSPS) is 10.9. The van der Waals surface area contributed by atoms with E-state index in [9.17, 15) is 0 Å². The van der Waals surface area contributed by atoms with Gasteiger partial charge in [0, 0.05) is 31.7 Å². The number of rotatable bonds is 3. The van der Waals surface area contributed by atoms with Crippen molar-refractivity contribution < 1.29 is 0 Å². The van der Waals surface area contributed by atoms with Crippen molar-refractivity contribution in [2.45, 2.75) is 19.9 Å². The zero-order valence-electron chi connectivity index (χ0n) is 9.18. The summed E-state index contributed by atoms with van der Waals surface area (Å²) in [5, 5.41) is 7.31. The van der Waals surface area contributed by atoms with E-state index in [1.54, 1.807) is 6.20 Å². The summed E-state index contributed by atoms with van der Waals surface area (Å²) in [5.41, 5.74) is 1.02. The molecule has 0 saturated carbocycles. The van der Waals surface area contributed by atoms with E-state index in [2.05, 4.69) is 29.2 Å². The Morgan fingerprint density at radius 1 is 1.40 bits per heavy atom. The third kappa shape index (κ3) is 1.72. The lowest BCUT2D eigenvalue weighted by atomic mass is 10.4. The van der Waals surface area contributed by atoms with Gasteiger partial charge in [0.05, 0.1) is 11.9 Å². The first-order valence-electron chi connectivity index (χ1n) is 4.98. The number of nitrogens with zero attached hydrogens (tertiary/aromatic N) is 4. The smallest absolute Gasteiger partial charge is 0.207 e. The van der Waals surface area contributed by atoms with Gasteiger partial charge in [-0.15, -0.1) is 0 Å². The first-order chi connectivity index (χ1) is 7.22. The summed E-state index contributed by atoms with van der Waals surface area (Å²) in [7, 11) is 1.85.